The molecule has 0 amide bonds. The molecule has 0 spiro atoms. The maximum absolute atomic E-state index is 11.1. The molecule has 0 aliphatic carbocycles. The van der Waals surface area contributed by atoms with Gasteiger partial charge in [-0.15, -0.1) is 0 Å². The number of benzene rings is 1. The highest BCUT2D eigenvalue weighted by Crippen LogP contribution is 2.26. The maximum atomic E-state index is 11.1. The van der Waals surface area contributed by atoms with Crippen molar-refractivity contribution in [2.24, 2.45) is 0 Å². The van der Waals surface area contributed by atoms with Crippen LogP contribution in [0.15, 0.2) is 18.2 Å². The Morgan fingerprint density at radius 1 is 1.47 bits per heavy atom. The third kappa shape index (κ3) is 3.13. The molecule has 4 heteroatoms. The lowest BCUT2D eigenvalue weighted by Crippen LogP contribution is -2.01. The van der Waals surface area contributed by atoms with Crippen LogP contribution < -0.4 is 9.47 Å². The monoisotopic (exact) mass is 228 g/mol. The molecule has 0 saturated carbocycles. The van der Waals surface area contributed by atoms with Crippen molar-refractivity contribution in [3.63, 3.8) is 0 Å². The third-order valence-electron chi connectivity index (χ3n) is 1.86. The molecule has 15 heavy (non-hydrogen) atoms. The standard InChI is InChI=1S/C11H13ClO3/c1-3-6-15-10-7-8(14-2)4-5-9(10)11(12)13/h4-5,7H,3,6H2,1-2H3. The van der Waals surface area contributed by atoms with Crippen LogP contribution in [-0.2, 0) is 0 Å². The van der Waals surface area contributed by atoms with E-state index in [4.69, 9.17) is 21.1 Å². The van der Waals surface area contributed by atoms with Gasteiger partial charge in [-0.2, -0.15) is 0 Å². The normalized spacial score (nSPS) is 9.80. The number of halogens is 1. The lowest BCUT2D eigenvalue weighted by atomic mass is 10.2. The Hall–Kier alpha value is -1.22. The lowest BCUT2D eigenvalue weighted by Gasteiger charge is -2.09. The Morgan fingerprint density at radius 3 is 2.73 bits per heavy atom. The van der Waals surface area contributed by atoms with Crippen LogP contribution in [-0.4, -0.2) is 19.0 Å². The smallest absolute Gasteiger partial charge is 0.256 e. The molecule has 0 aromatic heterocycles. The van der Waals surface area contributed by atoms with Crippen molar-refractivity contribution in [1.29, 1.82) is 0 Å². The SMILES string of the molecule is CCCOc1cc(OC)ccc1C(=O)Cl. The molecule has 1 aromatic carbocycles. The highest BCUT2D eigenvalue weighted by molar-refractivity contribution is 6.68. The maximum Gasteiger partial charge on any atom is 0.256 e. The van der Waals surface area contributed by atoms with Crippen molar-refractivity contribution in [3.05, 3.63) is 23.8 Å². The first-order valence-corrected chi connectivity index (χ1v) is 5.07. The van der Waals surface area contributed by atoms with Crippen molar-refractivity contribution < 1.29 is 14.3 Å². The molecule has 1 aromatic rings. The van der Waals surface area contributed by atoms with Gasteiger partial charge in [-0.3, -0.25) is 4.79 Å². The molecule has 0 N–H and O–H groups in total. The van der Waals surface area contributed by atoms with Gasteiger partial charge in [0, 0.05) is 6.07 Å². The van der Waals surface area contributed by atoms with Gasteiger partial charge in [0.1, 0.15) is 11.5 Å². The van der Waals surface area contributed by atoms with Crippen molar-refractivity contribution >= 4 is 16.8 Å². The summed E-state index contributed by atoms with van der Waals surface area (Å²) in [6.07, 6.45) is 0.868. The Morgan fingerprint density at radius 2 is 2.20 bits per heavy atom. The number of rotatable bonds is 5. The summed E-state index contributed by atoms with van der Waals surface area (Å²) < 4.78 is 10.4. The Bertz CT molecular complexity index is 350. The quantitative estimate of drug-likeness (QED) is 0.727. The molecular formula is C11H13ClO3. The van der Waals surface area contributed by atoms with E-state index in [0.717, 1.165) is 6.42 Å². The van der Waals surface area contributed by atoms with Crippen LogP contribution in [0.3, 0.4) is 0 Å². The van der Waals surface area contributed by atoms with Crippen molar-refractivity contribution in [3.8, 4) is 11.5 Å². The third-order valence-corrected chi connectivity index (χ3v) is 2.07. The van der Waals surface area contributed by atoms with Gasteiger partial charge in [0.05, 0.1) is 19.3 Å². The van der Waals surface area contributed by atoms with E-state index in [1.165, 1.54) is 0 Å². The average Bonchev–Trinajstić information content (AvgIpc) is 2.25. The summed E-state index contributed by atoms with van der Waals surface area (Å²) in [6.45, 7) is 2.53. The Kier molecular flexibility index (Phi) is 4.43. The second-order valence-corrected chi connectivity index (χ2v) is 3.33. The fraction of sp³-hybridized carbons (Fsp3) is 0.364. The zero-order valence-electron chi connectivity index (χ0n) is 8.75. The molecule has 0 unspecified atom stereocenters. The van der Waals surface area contributed by atoms with Gasteiger partial charge < -0.3 is 9.47 Å². The number of hydrogen-bond donors (Lipinski definition) is 0. The molecule has 0 aliphatic rings. The largest absolute Gasteiger partial charge is 0.497 e. The second kappa shape index (κ2) is 5.61. The zero-order valence-corrected chi connectivity index (χ0v) is 9.50. The minimum Gasteiger partial charge on any atom is -0.497 e. The van der Waals surface area contributed by atoms with Gasteiger partial charge in [0.25, 0.3) is 5.24 Å². The highest BCUT2D eigenvalue weighted by Gasteiger charge is 2.11. The van der Waals surface area contributed by atoms with Gasteiger partial charge in [-0.05, 0) is 30.2 Å². The van der Waals surface area contributed by atoms with E-state index >= 15 is 0 Å². The lowest BCUT2D eigenvalue weighted by molar-refractivity contribution is 0.107. The van der Waals surface area contributed by atoms with Gasteiger partial charge in [0.2, 0.25) is 0 Å². The van der Waals surface area contributed by atoms with Crippen LogP contribution in [0.2, 0.25) is 0 Å². The van der Waals surface area contributed by atoms with Crippen LogP contribution >= 0.6 is 11.6 Å². The van der Waals surface area contributed by atoms with Crippen LogP contribution in [0, 0.1) is 0 Å². The number of methoxy groups -OCH3 is 1. The van der Waals surface area contributed by atoms with E-state index in [2.05, 4.69) is 0 Å². The van der Waals surface area contributed by atoms with Crippen LogP contribution in [0.5, 0.6) is 11.5 Å². The van der Waals surface area contributed by atoms with Crippen molar-refractivity contribution in [1.82, 2.24) is 0 Å². The number of carbonyl (C=O) groups is 1. The van der Waals surface area contributed by atoms with E-state index in [0.29, 0.717) is 23.7 Å². The Labute approximate surface area is 93.9 Å². The second-order valence-electron chi connectivity index (χ2n) is 2.98. The summed E-state index contributed by atoms with van der Waals surface area (Å²) in [4.78, 5) is 11.1. The van der Waals surface area contributed by atoms with Crippen LogP contribution in [0.25, 0.3) is 0 Å². The van der Waals surface area contributed by atoms with E-state index < -0.39 is 5.24 Å². The van der Waals surface area contributed by atoms with E-state index in [9.17, 15) is 4.79 Å². The molecule has 1 rings (SSSR count). The predicted molar refractivity (Wildman–Crippen MR) is 59.0 cm³/mol. The fourth-order valence-electron chi connectivity index (χ4n) is 1.12. The zero-order chi connectivity index (χ0) is 11.3. The Balaban J connectivity index is 2.99. The molecule has 0 heterocycles. The molecule has 0 saturated heterocycles. The van der Waals surface area contributed by atoms with Crippen LogP contribution in [0.4, 0.5) is 0 Å². The summed E-state index contributed by atoms with van der Waals surface area (Å²) >= 11 is 5.42. The number of hydrogen-bond acceptors (Lipinski definition) is 3. The summed E-state index contributed by atoms with van der Waals surface area (Å²) in [7, 11) is 1.56. The summed E-state index contributed by atoms with van der Waals surface area (Å²) in [6, 6.07) is 4.93. The fourth-order valence-corrected chi connectivity index (χ4v) is 1.28. The molecule has 0 atom stereocenters. The van der Waals surface area contributed by atoms with E-state index in [-0.39, 0.29) is 0 Å². The molecule has 0 radical (unpaired) electrons. The molecule has 0 aliphatic heterocycles. The van der Waals surface area contributed by atoms with Gasteiger partial charge in [-0.1, -0.05) is 6.92 Å². The predicted octanol–water partition coefficient (Wildman–Crippen LogP) is 2.86. The summed E-state index contributed by atoms with van der Waals surface area (Å²) in [5, 5.41) is -0.524. The van der Waals surface area contributed by atoms with Crippen molar-refractivity contribution in [2.45, 2.75) is 13.3 Å². The first-order valence-electron chi connectivity index (χ1n) is 4.69. The molecular weight excluding hydrogens is 216 g/mol. The number of carbonyl (C=O) groups excluding carboxylic acids is 1. The molecule has 3 nitrogen and oxygen atoms in total. The molecule has 0 fully saturated rings. The first kappa shape index (κ1) is 11.9. The number of ether oxygens (including phenoxy) is 2. The topological polar surface area (TPSA) is 35.5 Å². The van der Waals surface area contributed by atoms with Crippen LogP contribution in [0.1, 0.15) is 23.7 Å². The van der Waals surface area contributed by atoms with Gasteiger partial charge >= 0.3 is 0 Å². The van der Waals surface area contributed by atoms with E-state index in [1.807, 2.05) is 6.92 Å². The van der Waals surface area contributed by atoms with Gasteiger partial charge in [0.15, 0.2) is 0 Å². The average molecular weight is 229 g/mol. The minimum absolute atomic E-state index is 0.367. The highest BCUT2D eigenvalue weighted by atomic mass is 35.5. The molecule has 82 valence electrons. The minimum atomic E-state index is -0.524. The molecule has 0 bridgehead atoms. The summed E-state index contributed by atoms with van der Waals surface area (Å²) in [5.74, 6) is 1.11. The summed E-state index contributed by atoms with van der Waals surface area (Å²) in [5.41, 5.74) is 0.367. The van der Waals surface area contributed by atoms with Crippen molar-refractivity contribution in [2.75, 3.05) is 13.7 Å². The van der Waals surface area contributed by atoms with Gasteiger partial charge in [-0.25, -0.2) is 0 Å². The van der Waals surface area contributed by atoms with E-state index in [1.54, 1.807) is 25.3 Å². The first-order chi connectivity index (χ1) is 7.19.